The van der Waals surface area contributed by atoms with E-state index in [2.05, 4.69) is 41.0 Å². The van der Waals surface area contributed by atoms with Crippen molar-refractivity contribution in [2.75, 3.05) is 5.73 Å². The molecule has 2 heterocycles. The van der Waals surface area contributed by atoms with Crippen molar-refractivity contribution in [3.05, 3.63) is 36.8 Å². The van der Waals surface area contributed by atoms with Gasteiger partial charge in [-0.05, 0) is 5.41 Å². The number of nitrogens with one attached hydrogen (secondary N) is 1. The summed E-state index contributed by atoms with van der Waals surface area (Å²) in [5.41, 5.74) is 5.71. The molecule has 1 atom stereocenters. The Morgan fingerprint density at radius 2 is 2.05 bits per heavy atom. The summed E-state index contributed by atoms with van der Waals surface area (Å²) < 4.78 is 1.93. The summed E-state index contributed by atoms with van der Waals surface area (Å²) in [4.78, 5) is 24.2. The molecule has 0 aliphatic rings. The third kappa shape index (κ3) is 3.77. The minimum absolute atomic E-state index is 0.0967. The molecule has 0 saturated heterocycles. The van der Waals surface area contributed by atoms with Crippen LogP contribution in [0.15, 0.2) is 31.1 Å². The van der Waals surface area contributed by atoms with Crippen LogP contribution < -0.4 is 11.1 Å². The van der Waals surface area contributed by atoms with E-state index >= 15 is 0 Å². The van der Waals surface area contributed by atoms with E-state index in [1.165, 1.54) is 12.4 Å². The fourth-order valence-corrected chi connectivity index (χ4v) is 1.89. The highest BCUT2D eigenvalue weighted by Crippen LogP contribution is 2.21. The Morgan fingerprint density at radius 3 is 2.62 bits per heavy atom. The van der Waals surface area contributed by atoms with Crippen LogP contribution in [0.3, 0.4) is 0 Å². The fourth-order valence-electron chi connectivity index (χ4n) is 1.89. The first-order valence-corrected chi connectivity index (χ1v) is 6.71. The number of hydrogen-bond acceptors (Lipinski definition) is 5. The van der Waals surface area contributed by atoms with Crippen LogP contribution in [0, 0.1) is 5.41 Å². The van der Waals surface area contributed by atoms with Crippen LogP contribution in [0.2, 0.25) is 0 Å². The largest absolute Gasteiger partial charge is 0.382 e. The number of hydrogen-bond donors (Lipinski definition) is 2. The average Bonchev–Trinajstić information content (AvgIpc) is 2.90. The monoisotopic (exact) mass is 288 g/mol. The molecule has 1 amide bonds. The van der Waals surface area contributed by atoms with Gasteiger partial charge in [0.2, 0.25) is 0 Å². The number of imidazole rings is 1. The van der Waals surface area contributed by atoms with Crippen LogP contribution in [0.25, 0.3) is 0 Å². The van der Waals surface area contributed by atoms with Gasteiger partial charge in [0.25, 0.3) is 5.91 Å². The third-order valence-corrected chi connectivity index (χ3v) is 3.24. The smallest absolute Gasteiger partial charge is 0.274 e. The molecule has 0 bridgehead atoms. The highest BCUT2D eigenvalue weighted by atomic mass is 16.2. The van der Waals surface area contributed by atoms with Crippen LogP contribution >= 0.6 is 0 Å². The van der Waals surface area contributed by atoms with Crippen molar-refractivity contribution >= 4 is 11.7 Å². The molecule has 0 aromatic carbocycles. The molecule has 7 nitrogen and oxygen atoms in total. The SMILES string of the molecule is CC(C)(C)[C@H](Cn1ccnc1)NC(=O)c1nccnc1N. The minimum Gasteiger partial charge on any atom is -0.382 e. The Kier molecular flexibility index (Phi) is 4.21. The number of aromatic nitrogens is 4. The van der Waals surface area contributed by atoms with Gasteiger partial charge in [-0.1, -0.05) is 20.8 Å². The molecule has 7 heteroatoms. The van der Waals surface area contributed by atoms with Gasteiger partial charge in [0, 0.05) is 31.3 Å². The predicted octanol–water partition coefficient (Wildman–Crippen LogP) is 1.10. The zero-order chi connectivity index (χ0) is 15.5. The summed E-state index contributed by atoms with van der Waals surface area (Å²) in [6.07, 6.45) is 8.21. The lowest BCUT2D eigenvalue weighted by Gasteiger charge is -2.31. The second-order valence-corrected chi connectivity index (χ2v) is 5.94. The van der Waals surface area contributed by atoms with Crippen LogP contribution in [0.4, 0.5) is 5.82 Å². The number of amides is 1. The summed E-state index contributed by atoms with van der Waals surface area (Å²) in [6, 6.07) is -0.0967. The molecule has 0 radical (unpaired) electrons. The maximum absolute atomic E-state index is 12.3. The van der Waals surface area contributed by atoms with Crippen molar-refractivity contribution in [1.29, 1.82) is 0 Å². The van der Waals surface area contributed by atoms with Gasteiger partial charge in [0.15, 0.2) is 11.5 Å². The van der Waals surface area contributed by atoms with Crippen molar-refractivity contribution in [1.82, 2.24) is 24.8 Å². The molecule has 3 N–H and O–H groups in total. The average molecular weight is 288 g/mol. The number of nitrogens with two attached hydrogens (primary N) is 1. The fraction of sp³-hybridized carbons (Fsp3) is 0.429. The Labute approximate surface area is 123 Å². The van der Waals surface area contributed by atoms with E-state index in [1.54, 1.807) is 12.5 Å². The molecule has 0 unspecified atom stereocenters. The van der Waals surface area contributed by atoms with Crippen LogP contribution in [0.1, 0.15) is 31.3 Å². The second-order valence-electron chi connectivity index (χ2n) is 5.94. The number of anilines is 1. The molecule has 0 spiro atoms. The Bertz CT molecular complexity index is 602. The molecular formula is C14H20N6O. The zero-order valence-corrected chi connectivity index (χ0v) is 12.4. The minimum atomic E-state index is -0.319. The van der Waals surface area contributed by atoms with Gasteiger partial charge in [0.1, 0.15) is 0 Å². The Morgan fingerprint density at radius 1 is 1.33 bits per heavy atom. The number of rotatable bonds is 4. The van der Waals surface area contributed by atoms with Gasteiger partial charge in [-0.2, -0.15) is 0 Å². The van der Waals surface area contributed by atoms with E-state index in [0.29, 0.717) is 6.54 Å². The zero-order valence-electron chi connectivity index (χ0n) is 12.4. The summed E-state index contributed by atoms with van der Waals surface area (Å²) in [5.74, 6) is -0.189. The lowest BCUT2D eigenvalue weighted by Crippen LogP contribution is -2.46. The lowest BCUT2D eigenvalue weighted by molar-refractivity contribution is 0.0888. The molecule has 2 aromatic rings. The van der Waals surface area contributed by atoms with E-state index in [-0.39, 0.29) is 28.9 Å². The molecule has 0 aliphatic carbocycles. The van der Waals surface area contributed by atoms with E-state index in [1.807, 2.05) is 10.8 Å². The van der Waals surface area contributed by atoms with Gasteiger partial charge in [-0.15, -0.1) is 0 Å². The van der Waals surface area contributed by atoms with Crippen LogP contribution in [-0.4, -0.2) is 31.5 Å². The number of carbonyl (C=O) groups is 1. The van der Waals surface area contributed by atoms with Gasteiger partial charge < -0.3 is 15.6 Å². The first-order chi connectivity index (χ1) is 9.88. The summed E-state index contributed by atoms with van der Waals surface area (Å²) >= 11 is 0. The number of nitrogens with zero attached hydrogens (tertiary/aromatic N) is 4. The predicted molar refractivity (Wildman–Crippen MR) is 79.4 cm³/mol. The maximum Gasteiger partial charge on any atom is 0.274 e. The van der Waals surface area contributed by atoms with Crippen molar-refractivity contribution in [2.45, 2.75) is 33.4 Å². The lowest BCUT2D eigenvalue weighted by atomic mass is 9.86. The normalized spacial score (nSPS) is 12.9. The van der Waals surface area contributed by atoms with Crippen molar-refractivity contribution in [3.63, 3.8) is 0 Å². The standard InChI is InChI=1S/C14H20N6O/c1-14(2,3)10(8-20-7-6-16-9-20)19-13(21)11-12(15)18-5-4-17-11/h4-7,9-10H,8H2,1-3H3,(H2,15,18)(H,19,21)/t10-/m0/s1. The van der Waals surface area contributed by atoms with Gasteiger partial charge in [-0.3, -0.25) is 4.79 Å². The molecular weight excluding hydrogens is 268 g/mol. The Hall–Kier alpha value is -2.44. The van der Waals surface area contributed by atoms with E-state index in [4.69, 9.17) is 5.73 Å². The molecule has 0 aliphatic heterocycles. The molecule has 0 saturated carbocycles. The second kappa shape index (κ2) is 5.90. The summed E-state index contributed by atoms with van der Waals surface area (Å²) in [6.45, 7) is 6.81. The van der Waals surface area contributed by atoms with Crippen molar-refractivity contribution < 1.29 is 4.79 Å². The summed E-state index contributed by atoms with van der Waals surface area (Å²) in [5, 5.41) is 2.98. The first kappa shape index (κ1) is 15.0. The van der Waals surface area contributed by atoms with Gasteiger partial charge in [-0.25, -0.2) is 15.0 Å². The Balaban J connectivity index is 2.16. The summed E-state index contributed by atoms with van der Waals surface area (Å²) in [7, 11) is 0. The maximum atomic E-state index is 12.3. The molecule has 2 rings (SSSR count). The van der Waals surface area contributed by atoms with Crippen LogP contribution in [0.5, 0.6) is 0 Å². The topological polar surface area (TPSA) is 98.7 Å². The van der Waals surface area contributed by atoms with Crippen LogP contribution in [-0.2, 0) is 6.54 Å². The van der Waals surface area contributed by atoms with E-state index in [9.17, 15) is 4.79 Å². The highest BCUT2D eigenvalue weighted by Gasteiger charge is 2.28. The van der Waals surface area contributed by atoms with Gasteiger partial charge >= 0.3 is 0 Å². The van der Waals surface area contributed by atoms with Gasteiger partial charge in [0.05, 0.1) is 12.4 Å². The number of carbonyl (C=O) groups excluding carboxylic acids is 1. The quantitative estimate of drug-likeness (QED) is 0.877. The molecule has 21 heavy (non-hydrogen) atoms. The highest BCUT2D eigenvalue weighted by molar-refractivity contribution is 5.96. The number of nitrogen functional groups attached to an aromatic ring is 1. The van der Waals surface area contributed by atoms with E-state index in [0.717, 1.165) is 0 Å². The van der Waals surface area contributed by atoms with Crippen molar-refractivity contribution in [2.24, 2.45) is 5.41 Å². The van der Waals surface area contributed by atoms with E-state index < -0.39 is 0 Å². The third-order valence-electron chi connectivity index (χ3n) is 3.24. The van der Waals surface area contributed by atoms with Crippen molar-refractivity contribution in [3.8, 4) is 0 Å². The molecule has 112 valence electrons. The first-order valence-electron chi connectivity index (χ1n) is 6.71. The molecule has 2 aromatic heterocycles. The molecule has 0 fully saturated rings.